The third-order valence-electron chi connectivity index (χ3n) is 6.13. The topological polar surface area (TPSA) is 83.4 Å². The van der Waals surface area contributed by atoms with E-state index in [0.717, 1.165) is 11.1 Å². The van der Waals surface area contributed by atoms with Gasteiger partial charge in [0.1, 0.15) is 5.52 Å². The van der Waals surface area contributed by atoms with Crippen molar-refractivity contribution in [3.8, 4) is 0 Å². The summed E-state index contributed by atoms with van der Waals surface area (Å²) in [7, 11) is 0. The molecule has 2 aromatic carbocycles. The molecule has 0 saturated carbocycles. The van der Waals surface area contributed by atoms with Crippen LogP contribution in [0.1, 0.15) is 11.1 Å². The normalized spacial score (nSPS) is 13.8. The Labute approximate surface area is 207 Å². The molecule has 8 nitrogen and oxygen atoms in total. The van der Waals surface area contributed by atoms with Gasteiger partial charge in [0.2, 0.25) is 0 Å². The molecule has 4 aromatic rings. The Bertz CT molecular complexity index is 1430. The largest absolute Gasteiger partial charge is 0.348 e. The van der Waals surface area contributed by atoms with Gasteiger partial charge in [0.25, 0.3) is 5.56 Å². The summed E-state index contributed by atoms with van der Waals surface area (Å²) in [6, 6.07) is 18.7. The van der Waals surface area contributed by atoms with Crippen LogP contribution in [0.4, 0.5) is 16.3 Å². The molecule has 178 valence electrons. The molecule has 0 bridgehead atoms. The minimum absolute atomic E-state index is 0.189. The van der Waals surface area contributed by atoms with Crippen LogP contribution in [-0.2, 0) is 6.54 Å². The number of hydrogen-bond donors (Lipinski definition) is 1. The van der Waals surface area contributed by atoms with Gasteiger partial charge in [0, 0.05) is 32.4 Å². The number of hydrogen-bond acceptors (Lipinski definition) is 5. The number of rotatable bonds is 4. The predicted octanol–water partition coefficient (Wildman–Crippen LogP) is 4.16. The summed E-state index contributed by atoms with van der Waals surface area (Å²) in [6.45, 7) is 4.35. The fourth-order valence-corrected chi connectivity index (χ4v) is 4.35. The van der Waals surface area contributed by atoms with Crippen LogP contribution in [0, 0.1) is 6.92 Å². The smallest absolute Gasteiger partial charge is 0.322 e. The number of aromatic nitrogens is 3. The fourth-order valence-electron chi connectivity index (χ4n) is 4.17. The maximum atomic E-state index is 13.6. The molecule has 3 heterocycles. The van der Waals surface area contributed by atoms with Crippen LogP contribution in [0.3, 0.4) is 0 Å². The third kappa shape index (κ3) is 4.83. The van der Waals surface area contributed by atoms with Crippen molar-refractivity contribution in [3.05, 3.63) is 93.4 Å². The summed E-state index contributed by atoms with van der Waals surface area (Å²) in [6.07, 6.45) is 1.67. The monoisotopic (exact) mass is 488 g/mol. The lowest BCUT2D eigenvalue weighted by molar-refractivity contribution is 0.208. The molecule has 0 spiro atoms. The van der Waals surface area contributed by atoms with Crippen LogP contribution in [-0.4, -0.2) is 51.6 Å². The highest BCUT2D eigenvalue weighted by Gasteiger charge is 2.25. The van der Waals surface area contributed by atoms with Crippen molar-refractivity contribution in [2.75, 3.05) is 36.4 Å². The highest BCUT2D eigenvalue weighted by atomic mass is 35.5. The number of pyridine rings is 1. The SMILES string of the molecule is Cc1ccc(Cn2c(=O)c(N3CCN(C(=O)Nc4ccccc4Cl)CC3)nc3cccnc32)cc1. The number of benzene rings is 2. The number of nitrogens with one attached hydrogen (secondary N) is 1. The standard InChI is InChI=1S/C26H25ClN6O2/c1-18-8-10-19(11-9-18)17-33-23-22(7-4-12-28-23)29-24(25(33)34)31-13-15-32(16-14-31)26(35)30-21-6-3-2-5-20(21)27/h2-12H,13-17H2,1H3,(H,30,35). The number of urea groups is 1. The molecule has 0 unspecified atom stereocenters. The second kappa shape index (κ2) is 9.76. The summed E-state index contributed by atoms with van der Waals surface area (Å²) < 4.78 is 1.68. The predicted molar refractivity (Wildman–Crippen MR) is 138 cm³/mol. The number of aryl methyl sites for hydroxylation is 1. The van der Waals surface area contributed by atoms with E-state index in [1.165, 1.54) is 0 Å². The number of piperazine rings is 1. The van der Waals surface area contributed by atoms with Crippen molar-refractivity contribution in [2.45, 2.75) is 13.5 Å². The van der Waals surface area contributed by atoms with E-state index in [1.807, 2.05) is 60.4 Å². The van der Waals surface area contributed by atoms with Crippen LogP contribution in [0.25, 0.3) is 11.2 Å². The fraction of sp³-hybridized carbons (Fsp3) is 0.231. The van der Waals surface area contributed by atoms with Gasteiger partial charge in [-0.1, -0.05) is 53.6 Å². The Balaban J connectivity index is 1.37. The zero-order valence-electron chi connectivity index (χ0n) is 19.3. The lowest BCUT2D eigenvalue weighted by atomic mass is 10.1. The number of amides is 2. The Morgan fingerprint density at radius 1 is 1.00 bits per heavy atom. The van der Waals surface area contributed by atoms with Gasteiger partial charge in [0.05, 0.1) is 17.3 Å². The highest BCUT2D eigenvalue weighted by molar-refractivity contribution is 6.33. The minimum atomic E-state index is -0.217. The first-order valence-corrected chi connectivity index (χ1v) is 11.8. The number of carbonyl (C=O) groups excluding carboxylic acids is 1. The van der Waals surface area contributed by atoms with E-state index < -0.39 is 0 Å². The molecule has 0 atom stereocenters. The number of fused-ring (bicyclic) bond motifs is 1. The molecule has 9 heteroatoms. The summed E-state index contributed by atoms with van der Waals surface area (Å²) in [5.74, 6) is 0.378. The Morgan fingerprint density at radius 2 is 1.74 bits per heavy atom. The Hall–Kier alpha value is -3.91. The van der Waals surface area contributed by atoms with E-state index in [9.17, 15) is 9.59 Å². The molecule has 2 amide bonds. The van der Waals surface area contributed by atoms with Gasteiger partial charge in [-0.3, -0.25) is 9.36 Å². The van der Waals surface area contributed by atoms with Crippen LogP contribution in [0.5, 0.6) is 0 Å². The Kier molecular flexibility index (Phi) is 6.37. The van der Waals surface area contributed by atoms with Gasteiger partial charge in [-0.15, -0.1) is 0 Å². The quantitative estimate of drug-likeness (QED) is 0.466. The molecule has 5 rings (SSSR count). The molecular weight excluding hydrogens is 464 g/mol. The van der Waals surface area contributed by atoms with Crippen molar-refractivity contribution in [1.82, 2.24) is 19.4 Å². The first kappa shape index (κ1) is 22.9. The summed E-state index contributed by atoms with van der Waals surface area (Å²) in [5.41, 5.74) is 3.78. The van der Waals surface area contributed by atoms with Gasteiger partial charge >= 0.3 is 6.03 Å². The first-order chi connectivity index (χ1) is 17.0. The molecule has 1 aliphatic heterocycles. The second-order valence-electron chi connectivity index (χ2n) is 8.54. The van der Waals surface area contributed by atoms with Crippen molar-refractivity contribution < 1.29 is 4.79 Å². The molecule has 1 saturated heterocycles. The Morgan fingerprint density at radius 3 is 2.49 bits per heavy atom. The average Bonchev–Trinajstić information content (AvgIpc) is 2.88. The van der Waals surface area contributed by atoms with Crippen molar-refractivity contribution in [1.29, 1.82) is 0 Å². The molecule has 1 N–H and O–H groups in total. The van der Waals surface area contributed by atoms with Crippen molar-refractivity contribution in [3.63, 3.8) is 0 Å². The lowest BCUT2D eigenvalue weighted by Gasteiger charge is -2.35. The van der Waals surface area contributed by atoms with Crippen LogP contribution in [0.2, 0.25) is 5.02 Å². The van der Waals surface area contributed by atoms with Crippen LogP contribution >= 0.6 is 11.6 Å². The highest BCUT2D eigenvalue weighted by Crippen LogP contribution is 2.21. The maximum absolute atomic E-state index is 13.6. The van der Waals surface area contributed by atoms with Crippen LogP contribution in [0.15, 0.2) is 71.7 Å². The van der Waals surface area contributed by atoms with Gasteiger partial charge in [-0.25, -0.2) is 14.8 Å². The second-order valence-corrected chi connectivity index (χ2v) is 8.95. The van der Waals surface area contributed by atoms with Crippen LogP contribution < -0.4 is 15.8 Å². The summed E-state index contributed by atoms with van der Waals surface area (Å²) in [4.78, 5) is 39.0. The number of para-hydroxylation sites is 1. The van der Waals surface area contributed by atoms with E-state index in [4.69, 9.17) is 11.6 Å². The molecule has 1 fully saturated rings. The van der Waals surface area contributed by atoms with Gasteiger partial charge in [0.15, 0.2) is 11.5 Å². The number of anilines is 2. The molecule has 2 aromatic heterocycles. The van der Waals surface area contributed by atoms with Crippen molar-refractivity contribution in [2.24, 2.45) is 0 Å². The van der Waals surface area contributed by atoms with E-state index >= 15 is 0 Å². The van der Waals surface area contributed by atoms with Gasteiger partial charge < -0.3 is 15.1 Å². The van der Waals surface area contributed by atoms with E-state index in [0.29, 0.717) is 60.4 Å². The van der Waals surface area contributed by atoms with Gasteiger partial charge in [-0.05, 0) is 36.8 Å². The molecular formula is C26H25ClN6O2. The van der Waals surface area contributed by atoms with E-state index in [1.54, 1.807) is 27.8 Å². The molecule has 35 heavy (non-hydrogen) atoms. The molecule has 0 aliphatic carbocycles. The molecule has 1 aliphatic rings. The summed E-state index contributed by atoms with van der Waals surface area (Å²) >= 11 is 6.16. The number of nitrogens with zero attached hydrogens (tertiary/aromatic N) is 5. The van der Waals surface area contributed by atoms with E-state index in [-0.39, 0.29) is 11.6 Å². The minimum Gasteiger partial charge on any atom is -0.348 e. The summed E-state index contributed by atoms with van der Waals surface area (Å²) in [5, 5.41) is 3.35. The average molecular weight is 489 g/mol. The zero-order valence-corrected chi connectivity index (χ0v) is 20.1. The molecule has 0 radical (unpaired) electrons. The number of halogens is 1. The van der Waals surface area contributed by atoms with E-state index in [2.05, 4.69) is 15.3 Å². The number of carbonyl (C=O) groups is 1. The third-order valence-corrected chi connectivity index (χ3v) is 6.46. The zero-order chi connectivity index (χ0) is 24.4. The lowest BCUT2D eigenvalue weighted by Crippen LogP contribution is -2.51. The van der Waals surface area contributed by atoms with Gasteiger partial charge in [-0.2, -0.15) is 0 Å². The van der Waals surface area contributed by atoms with Crippen molar-refractivity contribution >= 4 is 40.3 Å². The maximum Gasteiger partial charge on any atom is 0.322 e. The first-order valence-electron chi connectivity index (χ1n) is 11.5.